The molecule has 1 aromatic rings. The van der Waals surface area contributed by atoms with Crippen molar-refractivity contribution in [1.29, 1.82) is 0 Å². The number of hydrogen-bond donors (Lipinski definition) is 0. The number of likely N-dealkylation sites (N-methyl/N-ethyl adjacent to an activating group) is 2. The van der Waals surface area contributed by atoms with Crippen LogP contribution in [0.5, 0.6) is 0 Å². The minimum Gasteiger partial charge on any atom is -0.380 e. The standard InChI is InChI=1S/C14H26N4O2/c1-5-6-13-15-14(20-16-13)10-17(2)8-11-7-12(19-4)9-18(11)3/h11-12H,5-10H2,1-4H3/t11-,12-/m0/s1. The van der Waals surface area contributed by atoms with E-state index in [9.17, 15) is 0 Å². The molecule has 2 atom stereocenters. The lowest BCUT2D eigenvalue weighted by Crippen LogP contribution is -2.36. The van der Waals surface area contributed by atoms with Gasteiger partial charge in [0, 0.05) is 32.7 Å². The summed E-state index contributed by atoms with van der Waals surface area (Å²) in [6.07, 6.45) is 3.37. The fourth-order valence-corrected chi connectivity index (χ4v) is 2.75. The van der Waals surface area contributed by atoms with Crippen molar-refractivity contribution in [3.8, 4) is 0 Å². The van der Waals surface area contributed by atoms with Gasteiger partial charge in [-0.25, -0.2) is 0 Å². The van der Waals surface area contributed by atoms with Crippen molar-refractivity contribution in [1.82, 2.24) is 19.9 Å². The van der Waals surface area contributed by atoms with E-state index >= 15 is 0 Å². The molecule has 0 aliphatic carbocycles. The lowest BCUT2D eigenvalue weighted by molar-refractivity contribution is 0.111. The van der Waals surface area contributed by atoms with Gasteiger partial charge in [0.1, 0.15) is 0 Å². The molecule has 0 radical (unpaired) electrons. The van der Waals surface area contributed by atoms with Crippen LogP contribution in [0.25, 0.3) is 0 Å². The Labute approximate surface area is 121 Å². The molecule has 0 bridgehead atoms. The Morgan fingerprint density at radius 1 is 1.50 bits per heavy atom. The van der Waals surface area contributed by atoms with Crippen LogP contribution in [-0.4, -0.2) is 66.4 Å². The van der Waals surface area contributed by atoms with E-state index in [4.69, 9.17) is 9.26 Å². The zero-order chi connectivity index (χ0) is 14.5. The van der Waals surface area contributed by atoms with E-state index in [1.165, 1.54) is 0 Å². The zero-order valence-electron chi connectivity index (χ0n) is 13.0. The van der Waals surface area contributed by atoms with Gasteiger partial charge in [-0.3, -0.25) is 9.80 Å². The molecule has 6 heteroatoms. The third-order valence-electron chi connectivity index (χ3n) is 3.89. The van der Waals surface area contributed by atoms with Crippen molar-refractivity contribution >= 4 is 0 Å². The van der Waals surface area contributed by atoms with E-state index < -0.39 is 0 Å². The molecule has 0 unspecified atom stereocenters. The molecule has 1 aromatic heterocycles. The SMILES string of the molecule is CCCc1noc(CN(C)C[C@@H]2C[C@H](OC)CN2C)n1. The highest BCUT2D eigenvalue weighted by Gasteiger charge is 2.30. The quantitative estimate of drug-likeness (QED) is 0.748. The average molecular weight is 282 g/mol. The van der Waals surface area contributed by atoms with E-state index in [-0.39, 0.29) is 0 Å². The van der Waals surface area contributed by atoms with E-state index in [2.05, 4.69) is 41.0 Å². The Hall–Kier alpha value is -0.980. The molecule has 0 amide bonds. The highest BCUT2D eigenvalue weighted by atomic mass is 16.5. The second-order valence-corrected chi connectivity index (χ2v) is 5.74. The zero-order valence-corrected chi connectivity index (χ0v) is 13.0. The monoisotopic (exact) mass is 282 g/mol. The molecule has 0 spiro atoms. The molecule has 6 nitrogen and oxygen atoms in total. The number of ether oxygens (including phenoxy) is 1. The first-order chi connectivity index (χ1) is 9.62. The van der Waals surface area contributed by atoms with Crippen LogP contribution in [0.15, 0.2) is 4.52 Å². The predicted octanol–water partition coefficient (Wildman–Crippen LogP) is 1.17. The molecule has 0 aromatic carbocycles. The summed E-state index contributed by atoms with van der Waals surface area (Å²) >= 11 is 0. The summed E-state index contributed by atoms with van der Waals surface area (Å²) < 4.78 is 10.7. The third kappa shape index (κ3) is 4.01. The minimum absolute atomic E-state index is 0.359. The van der Waals surface area contributed by atoms with Crippen LogP contribution in [0.3, 0.4) is 0 Å². The maximum absolute atomic E-state index is 5.44. The highest BCUT2D eigenvalue weighted by Crippen LogP contribution is 2.19. The Morgan fingerprint density at radius 2 is 2.30 bits per heavy atom. The molecular weight excluding hydrogens is 256 g/mol. The fourth-order valence-electron chi connectivity index (χ4n) is 2.75. The number of likely N-dealkylation sites (tertiary alicyclic amines) is 1. The summed E-state index contributed by atoms with van der Waals surface area (Å²) in [4.78, 5) is 9.01. The molecule has 2 rings (SSSR count). The lowest BCUT2D eigenvalue weighted by Gasteiger charge is -2.24. The van der Waals surface area contributed by atoms with Crippen LogP contribution in [0.2, 0.25) is 0 Å². The molecule has 1 aliphatic heterocycles. The van der Waals surface area contributed by atoms with Gasteiger partial charge in [-0.1, -0.05) is 12.1 Å². The van der Waals surface area contributed by atoms with E-state index in [0.29, 0.717) is 24.6 Å². The summed E-state index contributed by atoms with van der Waals surface area (Å²) in [6.45, 7) is 4.82. The van der Waals surface area contributed by atoms with Gasteiger partial charge in [0.25, 0.3) is 0 Å². The molecule has 0 saturated carbocycles. The van der Waals surface area contributed by atoms with Gasteiger partial charge in [0.15, 0.2) is 5.82 Å². The van der Waals surface area contributed by atoms with Crippen LogP contribution in [0.4, 0.5) is 0 Å². The minimum atomic E-state index is 0.359. The van der Waals surface area contributed by atoms with Crippen molar-refractivity contribution in [3.05, 3.63) is 11.7 Å². The second-order valence-electron chi connectivity index (χ2n) is 5.74. The summed E-state index contributed by atoms with van der Waals surface area (Å²) in [5.41, 5.74) is 0. The molecule has 0 N–H and O–H groups in total. The van der Waals surface area contributed by atoms with Crippen LogP contribution in [0, 0.1) is 0 Å². The Morgan fingerprint density at radius 3 is 2.95 bits per heavy atom. The van der Waals surface area contributed by atoms with Crippen LogP contribution >= 0.6 is 0 Å². The van der Waals surface area contributed by atoms with Gasteiger partial charge in [0.2, 0.25) is 5.89 Å². The predicted molar refractivity (Wildman–Crippen MR) is 76.5 cm³/mol. The molecular formula is C14H26N4O2. The van der Waals surface area contributed by atoms with Gasteiger partial charge in [-0.15, -0.1) is 0 Å². The average Bonchev–Trinajstić information content (AvgIpc) is 2.98. The number of aryl methyl sites for hydroxylation is 1. The van der Waals surface area contributed by atoms with E-state index in [1.54, 1.807) is 7.11 Å². The molecule has 1 aliphatic rings. The Kier molecular flexibility index (Phi) is 5.51. The van der Waals surface area contributed by atoms with Crippen molar-refractivity contribution in [2.45, 2.75) is 44.9 Å². The number of methoxy groups -OCH3 is 1. The topological polar surface area (TPSA) is 54.6 Å². The van der Waals surface area contributed by atoms with Gasteiger partial charge < -0.3 is 9.26 Å². The highest BCUT2D eigenvalue weighted by molar-refractivity contribution is 4.89. The number of rotatable bonds is 7. The molecule has 2 heterocycles. The maximum atomic E-state index is 5.44. The van der Waals surface area contributed by atoms with Gasteiger partial charge in [0.05, 0.1) is 12.6 Å². The van der Waals surface area contributed by atoms with Crippen molar-refractivity contribution in [3.63, 3.8) is 0 Å². The lowest BCUT2D eigenvalue weighted by atomic mass is 10.2. The fraction of sp³-hybridized carbons (Fsp3) is 0.857. The smallest absolute Gasteiger partial charge is 0.240 e. The first-order valence-corrected chi connectivity index (χ1v) is 7.35. The number of hydrogen-bond acceptors (Lipinski definition) is 6. The largest absolute Gasteiger partial charge is 0.380 e. The van der Waals surface area contributed by atoms with Crippen molar-refractivity contribution < 1.29 is 9.26 Å². The van der Waals surface area contributed by atoms with E-state index in [1.807, 2.05) is 0 Å². The number of nitrogens with zero attached hydrogens (tertiary/aromatic N) is 4. The molecule has 20 heavy (non-hydrogen) atoms. The first kappa shape index (κ1) is 15.4. The summed E-state index contributed by atoms with van der Waals surface area (Å²) in [5, 5.41) is 3.99. The number of aromatic nitrogens is 2. The van der Waals surface area contributed by atoms with Gasteiger partial charge in [-0.2, -0.15) is 4.98 Å². The van der Waals surface area contributed by atoms with Crippen LogP contribution in [-0.2, 0) is 17.7 Å². The molecule has 1 fully saturated rings. The van der Waals surface area contributed by atoms with Crippen molar-refractivity contribution in [2.75, 3.05) is 34.3 Å². The summed E-state index contributed by atoms with van der Waals surface area (Å²) in [6, 6.07) is 0.531. The Balaban J connectivity index is 1.81. The Bertz CT molecular complexity index is 410. The molecule has 114 valence electrons. The van der Waals surface area contributed by atoms with E-state index in [0.717, 1.165) is 38.2 Å². The van der Waals surface area contributed by atoms with Crippen LogP contribution in [0.1, 0.15) is 31.5 Å². The van der Waals surface area contributed by atoms with Gasteiger partial charge >= 0.3 is 0 Å². The van der Waals surface area contributed by atoms with Gasteiger partial charge in [-0.05, 0) is 26.9 Å². The summed E-state index contributed by atoms with van der Waals surface area (Å²) in [7, 11) is 6.04. The first-order valence-electron chi connectivity index (χ1n) is 7.35. The second kappa shape index (κ2) is 7.15. The third-order valence-corrected chi connectivity index (χ3v) is 3.89. The summed E-state index contributed by atoms with van der Waals surface area (Å²) in [5.74, 6) is 1.52. The molecule has 1 saturated heterocycles. The normalized spacial score (nSPS) is 23.9. The van der Waals surface area contributed by atoms with Crippen molar-refractivity contribution in [2.24, 2.45) is 0 Å². The van der Waals surface area contributed by atoms with Crippen LogP contribution < -0.4 is 0 Å². The maximum Gasteiger partial charge on any atom is 0.240 e.